The van der Waals surface area contributed by atoms with Crippen molar-refractivity contribution in [2.75, 3.05) is 11.9 Å². The van der Waals surface area contributed by atoms with Gasteiger partial charge in [-0.05, 0) is 42.8 Å². The number of benzene rings is 2. The van der Waals surface area contributed by atoms with Gasteiger partial charge >= 0.3 is 6.01 Å². The predicted molar refractivity (Wildman–Crippen MR) is 125 cm³/mol. The molecule has 4 aromatic rings. The number of nitrogens with zero attached hydrogens (tertiary/aromatic N) is 5. The van der Waals surface area contributed by atoms with Crippen molar-refractivity contribution in [2.45, 2.75) is 25.3 Å². The first-order chi connectivity index (χ1) is 16.3. The number of aromatic nitrogens is 4. The molecule has 0 saturated carbocycles. The molecule has 11 heteroatoms. The highest BCUT2D eigenvalue weighted by Gasteiger charge is 2.24. The van der Waals surface area contributed by atoms with E-state index >= 15 is 0 Å². The molecule has 0 fully saturated rings. The number of carbonyl (C=O) groups is 1. The molecule has 0 aliphatic rings. The summed E-state index contributed by atoms with van der Waals surface area (Å²) in [5, 5.41) is 14.5. The van der Waals surface area contributed by atoms with Gasteiger partial charge in [0.1, 0.15) is 5.69 Å². The van der Waals surface area contributed by atoms with Crippen molar-refractivity contribution < 1.29 is 17.6 Å². The number of aryl methyl sites for hydroxylation is 2. The Labute approximate surface area is 197 Å². The van der Waals surface area contributed by atoms with Gasteiger partial charge in [0, 0.05) is 31.4 Å². The first-order valence-electron chi connectivity index (χ1n) is 10.6. The molecule has 10 nitrogen and oxygen atoms in total. The lowest BCUT2D eigenvalue weighted by Gasteiger charge is -2.20. The van der Waals surface area contributed by atoms with Crippen LogP contribution in [0.15, 0.2) is 70.0 Å². The molecule has 1 amide bonds. The minimum atomic E-state index is -3.73. The predicted octanol–water partition coefficient (Wildman–Crippen LogP) is 3.24. The third kappa shape index (κ3) is 4.90. The fraction of sp³-hybridized carbons (Fsp3) is 0.217. The van der Waals surface area contributed by atoms with Gasteiger partial charge in [0.2, 0.25) is 10.0 Å². The van der Waals surface area contributed by atoms with Crippen LogP contribution < -0.4 is 5.32 Å². The monoisotopic (exact) mass is 480 g/mol. The van der Waals surface area contributed by atoms with Gasteiger partial charge in [-0.15, -0.1) is 5.10 Å². The molecule has 0 saturated heterocycles. The maximum Gasteiger partial charge on any atom is 0.322 e. The summed E-state index contributed by atoms with van der Waals surface area (Å²) in [5.74, 6) is -0.327. The van der Waals surface area contributed by atoms with Crippen LogP contribution >= 0.6 is 0 Å². The largest absolute Gasteiger partial charge is 0.401 e. The molecule has 2 heterocycles. The van der Waals surface area contributed by atoms with Gasteiger partial charge in [-0.1, -0.05) is 42.4 Å². The van der Waals surface area contributed by atoms with E-state index in [2.05, 4.69) is 20.6 Å². The molecule has 0 unspecified atom stereocenters. The molecular formula is C23H24N6O4S. The van der Waals surface area contributed by atoms with Crippen molar-refractivity contribution in [1.82, 2.24) is 24.3 Å². The molecule has 0 spiro atoms. The van der Waals surface area contributed by atoms with E-state index in [4.69, 9.17) is 4.42 Å². The lowest BCUT2D eigenvalue weighted by Crippen LogP contribution is -2.30. The summed E-state index contributed by atoms with van der Waals surface area (Å²) in [6.45, 7) is 4.25. The van der Waals surface area contributed by atoms with Crippen molar-refractivity contribution in [2.24, 2.45) is 7.05 Å². The van der Waals surface area contributed by atoms with Gasteiger partial charge in [0.05, 0.1) is 4.90 Å². The first kappa shape index (κ1) is 23.3. The number of amides is 1. The Hall–Kier alpha value is -3.83. The number of sulfonamides is 1. The van der Waals surface area contributed by atoms with E-state index < -0.39 is 15.9 Å². The Morgan fingerprint density at radius 2 is 1.79 bits per heavy atom. The number of rotatable bonds is 8. The third-order valence-electron chi connectivity index (χ3n) is 5.29. The van der Waals surface area contributed by atoms with E-state index in [1.165, 1.54) is 28.6 Å². The summed E-state index contributed by atoms with van der Waals surface area (Å²) >= 11 is 0. The van der Waals surface area contributed by atoms with Gasteiger partial charge in [0.25, 0.3) is 11.8 Å². The lowest BCUT2D eigenvalue weighted by molar-refractivity contribution is 0.102. The summed E-state index contributed by atoms with van der Waals surface area (Å²) in [4.78, 5) is 12.7. The van der Waals surface area contributed by atoms with Gasteiger partial charge in [-0.2, -0.15) is 9.40 Å². The SMILES string of the molecule is CCN(Cc1ccccc1)S(=O)(=O)c1ccc(C(=O)Nc2nnc(-c3cc(C)n(C)n3)o2)cc1. The van der Waals surface area contributed by atoms with Gasteiger partial charge in [0.15, 0.2) is 0 Å². The second-order valence-corrected chi connectivity index (χ2v) is 9.54. The van der Waals surface area contributed by atoms with Crippen LogP contribution in [0, 0.1) is 6.92 Å². The van der Waals surface area contributed by atoms with Crippen molar-refractivity contribution in [3.8, 4) is 11.6 Å². The van der Waals surface area contributed by atoms with Crippen LogP contribution in [0.3, 0.4) is 0 Å². The highest BCUT2D eigenvalue weighted by Crippen LogP contribution is 2.21. The topological polar surface area (TPSA) is 123 Å². The van der Waals surface area contributed by atoms with E-state index in [0.29, 0.717) is 12.2 Å². The lowest BCUT2D eigenvalue weighted by atomic mass is 10.2. The van der Waals surface area contributed by atoms with Crippen LogP contribution in [0.2, 0.25) is 0 Å². The summed E-state index contributed by atoms with van der Waals surface area (Å²) < 4.78 is 34.7. The van der Waals surface area contributed by atoms with Crippen molar-refractivity contribution >= 4 is 21.9 Å². The highest BCUT2D eigenvalue weighted by atomic mass is 32.2. The first-order valence-corrected chi connectivity index (χ1v) is 12.0. The summed E-state index contributed by atoms with van der Waals surface area (Å²) in [5.41, 5.74) is 2.56. The van der Waals surface area contributed by atoms with Gasteiger partial charge in [-0.3, -0.25) is 14.8 Å². The Bertz CT molecular complexity index is 1380. The van der Waals surface area contributed by atoms with E-state index in [1.54, 1.807) is 24.7 Å². The van der Waals surface area contributed by atoms with E-state index in [1.807, 2.05) is 37.3 Å². The highest BCUT2D eigenvalue weighted by molar-refractivity contribution is 7.89. The van der Waals surface area contributed by atoms with Crippen LogP contribution in [0.1, 0.15) is 28.5 Å². The van der Waals surface area contributed by atoms with Gasteiger partial charge in [-0.25, -0.2) is 8.42 Å². The molecule has 0 aliphatic carbocycles. The molecule has 2 aromatic carbocycles. The molecular weight excluding hydrogens is 456 g/mol. The Morgan fingerprint density at radius 3 is 2.41 bits per heavy atom. The van der Waals surface area contributed by atoms with Crippen LogP contribution in [0.5, 0.6) is 0 Å². The summed E-state index contributed by atoms with van der Waals surface area (Å²) in [6.07, 6.45) is 0. The second-order valence-electron chi connectivity index (χ2n) is 7.60. The molecule has 0 atom stereocenters. The normalized spacial score (nSPS) is 11.6. The van der Waals surface area contributed by atoms with E-state index in [9.17, 15) is 13.2 Å². The van der Waals surface area contributed by atoms with E-state index in [-0.39, 0.29) is 28.9 Å². The Morgan fingerprint density at radius 1 is 1.09 bits per heavy atom. The Balaban J connectivity index is 1.46. The molecule has 0 aliphatic heterocycles. The summed E-state index contributed by atoms with van der Waals surface area (Å²) in [6, 6.07) is 16.8. The fourth-order valence-electron chi connectivity index (χ4n) is 3.29. The molecule has 0 bridgehead atoms. The molecule has 0 radical (unpaired) electrons. The fourth-order valence-corrected chi connectivity index (χ4v) is 4.73. The number of carbonyl (C=O) groups excluding carboxylic acids is 1. The number of hydrogen-bond donors (Lipinski definition) is 1. The van der Waals surface area contributed by atoms with Crippen molar-refractivity contribution in [1.29, 1.82) is 0 Å². The maximum absolute atomic E-state index is 13.1. The minimum Gasteiger partial charge on any atom is -0.401 e. The minimum absolute atomic E-state index is 0.0833. The number of nitrogens with one attached hydrogen (secondary N) is 1. The Kier molecular flexibility index (Phi) is 6.57. The molecule has 34 heavy (non-hydrogen) atoms. The van der Waals surface area contributed by atoms with Crippen molar-refractivity contribution in [3.05, 3.63) is 77.5 Å². The standard InChI is InChI=1S/C23H24N6O4S/c1-4-29(15-17-8-6-5-7-9-17)34(31,32)19-12-10-18(11-13-19)21(30)24-23-26-25-22(33-23)20-14-16(2)28(3)27-20/h5-14H,4,15H2,1-3H3,(H,24,26,30). The average molecular weight is 481 g/mol. The number of anilines is 1. The zero-order valence-electron chi connectivity index (χ0n) is 19.0. The third-order valence-corrected chi connectivity index (χ3v) is 7.22. The maximum atomic E-state index is 13.1. The van der Waals surface area contributed by atoms with Crippen LogP contribution in [-0.2, 0) is 23.6 Å². The number of hydrogen-bond acceptors (Lipinski definition) is 7. The van der Waals surface area contributed by atoms with Crippen LogP contribution in [0.25, 0.3) is 11.6 Å². The molecule has 4 rings (SSSR count). The molecule has 2 aromatic heterocycles. The molecule has 1 N–H and O–H groups in total. The second kappa shape index (κ2) is 9.57. The zero-order chi connectivity index (χ0) is 24.3. The average Bonchev–Trinajstić information content (AvgIpc) is 3.44. The van der Waals surface area contributed by atoms with Crippen LogP contribution in [0.4, 0.5) is 6.01 Å². The smallest absolute Gasteiger partial charge is 0.322 e. The summed E-state index contributed by atoms with van der Waals surface area (Å²) in [7, 11) is -1.93. The zero-order valence-corrected chi connectivity index (χ0v) is 19.8. The van der Waals surface area contributed by atoms with Gasteiger partial charge < -0.3 is 4.42 Å². The van der Waals surface area contributed by atoms with Crippen LogP contribution in [-0.4, -0.2) is 45.2 Å². The quantitative estimate of drug-likeness (QED) is 0.411. The molecule has 176 valence electrons. The van der Waals surface area contributed by atoms with E-state index in [0.717, 1.165) is 11.3 Å². The van der Waals surface area contributed by atoms with Crippen molar-refractivity contribution in [3.63, 3.8) is 0 Å².